The summed E-state index contributed by atoms with van der Waals surface area (Å²) in [6.45, 7) is 6.79. The Kier molecular flexibility index (Phi) is 4.42. The summed E-state index contributed by atoms with van der Waals surface area (Å²) in [7, 11) is 0. The number of hydrogen-bond acceptors (Lipinski definition) is 3. The van der Waals surface area contributed by atoms with E-state index in [-0.39, 0.29) is 23.7 Å². The second-order valence-electron chi connectivity index (χ2n) is 5.56. The van der Waals surface area contributed by atoms with Crippen molar-refractivity contribution in [1.29, 1.82) is 0 Å². The van der Waals surface area contributed by atoms with Gasteiger partial charge in [0.1, 0.15) is 11.5 Å². The first-order valence-corrected chi connectivity index (χ1v) is 7.06. The van der Waals surface area contributed by atoms with Crippen LogP contribution in [0.2, 0.25) is 0 Å². The number of hydrogen-bond donors (Lipinski definition) is 0. The second kappa shape index (κ2) is 6.07. The van der Waals surface area contributed by atoms with Gasteiger partial charge in [-0.1, -0.05) is 13.0 Å². The first-order valence-electron chi connectivity index (χ1n) is 7.06. The molecule has 0 aliphatic carbocycles. The van der Waals surface area contributed by atoms with Crippen molar-refractivity contribution in [2.45, 2.75) is 33.3 Å². The maximum Gasteiger partial charge on any atom is 0.254 e. The van der Waals surface area contributed by atoms with Crippen LogP contribution in [0.15, 0.2) is 24.3 Å². The van der Waals surface area contributed by atoms with Gasteiger partial charge in [-0.2, -0.15) is 0 Å². The number of nitrogens with zero attached hydrogens (tertiary/aromatic N) is 1. The molecular weight excluding hydrogens is 254 g/mol. The van der Waals surface area contributed by atoms with Crippen LogP contribution in [0, 0.1) is 5.92 Å². The van der Waals surface area contributed by atoms with Crippen LogP contribution in [0.1, 0.15) is 37.6 Å². The summed E-state index contributed by atoms with van der Waals surface area (Å²) in [6, 6.07) is 7.22. The Balaban J connectivity index is 2.11. The molecular formula is C16H21NO3. The predicted octanol–water partition coefficient (Wildman–Crippen LogP) is 2.52. The number of benzene rings is 1. The Morgan fingerprint density at radius 3 is 2.80 bits per heavy atom. The lowest BCUT2D eigenvalue weighted by Crippen LogP contribution is -2.43. The fourth-order valence-electron chi connectivity index (χ4n) is 2.36. The lowest BCUT2D eigenvalue weighted by molar-refractivity contribution is -0.124. The summed E-state index contributed by atoms with van der Waals surface area (Å²) in [6.07, 6.45) is 0.530. The van der Waals surface area contributed by atoms with Gasteiger partial charge in [0, 0.05) is 31.0 Å². The third kappa shape index (κ3) is 3.38. The highest BCUT2D eigenvalue weighted by molar-refractivity contribution is 5.96. The van der Waals surface area contributed by atoms with Gasteiger partial charge in [0.2, 0.25) is 0 Å². The van der Waals surface area contributed by atoms with Crippen LogP contribution >= 0.6 is 0 Å². The number of ketones is 1. The third-order valence-corrected chi connectivity index (χ3v) is 3.41. The average molecular weight is 275 g/mol. The van der Waals surface area contributed by atoms with Crippen LogP contribution in [0.5, 0.6) is 5.75 Å². The minimum absolute atomic E-state index is 0.0291. The molecule has 20 heavy (non-hydrogen) atoms. The van der Waals surface area contributed by atoms with Crippen LogP contribution in [-0.2, 0) is 4.79 Å². The number of ether oxygens (including phenoxy) is 1. The molecule has 1 aliphatic heterocycles. The number of carbonyl (C=O) groups excluding carboxylic acids is 2. The summed E-state index contributed by atoms with van der Waals surface area (Å²) >= 11 is 0. The van der Waals surface area contributed by atoms with Gasteiger partial charge >= 0.3 is 0 Å². The van der Waals surface area contributed by atoms with Gasteiger partial charge in [0.05, 0.1) is 6.10 Å². The zero-order valence-corrected chi connectivity index (χ0v) is 12.3. The topological polar surface area (TPSA) is 46.6 Å². The first kappa shape index (κ1) is 14.6. The second-order valence-corrected chi connectivity index (χ2v) is 5.56. The molecule has 1 fully saturated rings. The summed E-state index contributed by atoms with van der Waals surface area (Å²) in [5, 5.41) is 0. The molecule has 0 radical (unpaired) electrons. The Labute approximate surface area is 119 Å². The molecule has 1 atom stereocenters. The van der Waals surface area contributed by atoms with Gasteiger partial charge in [-0.25, -0.2) is 0 Å². The highest BCUT2D eigenvalue weighted by atomic mass is 16.5. The van der Waals surface area contributed by atoms with Crippen molar-refractivity contribution in [3.8, 4) is 5.75 Å². The van der Waals surface area contributed by atoms with Gasteiger partial charge in [0.15, 0.2) is 0 Å². The number of piperidine rings is 1. The zero-order chi connectivity index (χ0) is 14.7. The van der Waals surface area contributed by atoms with Crippen molar-refractivity contribution in [3.63, 3.8) is 0 Å². The minimum Gasteiger partial charge on any atom is -0.491 e. The molecule has 4 heteroatoms. The molecule has 1 aromatic rings. The Bertz CT molecular complexity index is 510. The number of likely N-dealkylation sites (tertiary alicyclic amines) is 1. The van der Waals surface area contributed by atoms with Crippen molar-refractivity contribution in [2.75, 3.05) is 13.1 Å². The molecule has 4 nitrogen and oxygen atoms in total. The molecule has 1 unspecified atom stereocenters. The van der Waals surface area contributed by atoms with E-state index in [1.165, 1.54) is 0 Å². The fourth-order valence-corrected chi connectivity index (χ4v) is 2.36. The fraction of sp³-hybridized carbons (Fsp3) is 0.500. The van der Waals surface area contributed by atoms with E-state index in [4.69, 9.17) is 4.74 Å². The highest BCUT2D eigenvalue weighted by Gasteiger charge is 2.27. The number of Topliss-reactive ketones (excluding diaryl/α,β-unsaturated/α-hetero) is 1. The normalized spacial score (nSPS) is 19.3. The van der Waals surface area contributed by atoms with Gasteiger partial charge in [0.25, 0.3) is 5.91 Å². The third-order valence-electron chi connectivity index (χ3n) is 3.41. The van der Waals surface area contributed by atoms with E-state index in [1.54, 1.807) is 17.0 Å². The van der Waals surface area contributed by atoms with Crippen LogP contribution < -0.4 is 4.74 Å². The predicted molar refractivity (Wildman–Crippen MR) is 76.9 cm³/mol. The molecule has 108 valence electrons. The zero-order valence-electron chi connectivity index (χ0n) is 12.3. The molecule has 0 bridgehead atoms. The molecule has 2 rings (SSSR count). The Hall–Kier alpha value is -1.84. The van der Waals surface area contributed by atoms with E-state index in [9.17, 15) is 9.59 Å². The molecule has 0 saturated carbocycles. The summed E-state index contributed by atoms with van der Waals surface area (Å²) < 4.78 is 5.61. The lowest BCUT2D eigenvalue weighted by atomic mass is 9.98. The molecule has 1 aromatic carbocycles. The van der Waals surface area contributed by atoms with Crippen LogP contribution in [0.4, 0.5) is 0 Å². The van der Waals surface area contributed by atoms with E-state index in [0.29, 0.717) is 30.8 Å². The highest BCUT2D eigenvalue weighted by Crippen LogP contribution is 2.19. The van der Waals surface area contributed by atoms with Crippen molar-refractivity contribution in [1.82, 2.24) is 4.90 Å². The van der Waals surface area contributed by atoms with E-state index in [1.807, 2.05) is 32.9 Å². The molecule has 1 amide bonds. The van der Waals surface area contributed by atoms with Crippen LogP contribution in [0.3, 0.4) is 0 Å². The molecule has 1 aliphatic rings. The molecule has 0 N–H and O–H groups in total. The van der Waals surface area contributed by atoms with Gasteiger partial charge in [-0.3, -0.25) is 9.59 Å². The standard InChI is InChI=1S/C16H21NO3/c1-11(2)20-14-6-4-5-13(9-14)16(19)17-8-7-15(18)12(3)10-17/h4-6,9,11-12H,7-8,10H2,1-3H3. The maximum atomic E-state index is 12.4. The van der Waals surface area contributed by atoms with Crippen molar-refractivity contribution >= 4 is 11.7 Å². The minimum atomic E-state index is -0.0669. The number of carbonyl (C=O) groups is 2. The quantitative estimate of drug-likeness (QED) is 0.851. The van der Waals surface area contributed by atoms with E-state index in [2.05, 4.69) is 0 Å². The van der Waals surface area contributed by atoms with Gasteiger partial charge < -0.3 is 9.64 Å². The number of rotatable bonds is 3. The van der Waals surface area contributed by atoms with Crippen molar-refractivity contribution in [3.05, 3.63) is 29.8 Å². The van der Waals surface area contributed by atoms with Crippen molar-refractivity contribution in [2.24, 2.45) is 5.92 Å². The van der Waals surface area contributed by atoms with E-state index in [0.717, 1.165) is 0 Å². The maximum absolute atomic E-state index is 12.4. The summed E-state index contributed by atoms with van der Waals surface area (Å²) in [5.41, 5.74) is 0.615. The number of amides is 1. The smallest absolute Gasteiger partial charge is 0.254 e. The average Bonchev–Trinajstić information content (AvgIpc) is 2.40. The monoisotopic (exact) mass is 275 g/mol. The molecule has 0 aromatic heterocycles. The van der Waals surface area contributed by atoms with E-state index < -0.39 is 0 Å². The molecule has 0 spiro atoms. The SMILES string of the molecule is CC(C)Oc1cccc(C(=O)N2CCC(=O)C(C)C2)c1. The Morgan fingerprint density at radius 1 is 1.40 bits per heavy atom. The van der Waals surface area contributed by atoms with E-state index >= 15 is 0 Å². The largest absolute Gasteiger partial charge is 0.491 e. The van der Waals surface area contributed by atoms with Gasteiger partial charge in [-0.15, -0.1) is 0 Å². The lowest BCUT2D eigenvalue weighted by Gasteiger charge is -2.30. The molecule has 1 heterocycles. The summed E-state index contributed by atoms with van der Waals surface area (Å²) in [4.78, 5) is 25.7. The van der Waals surface area contributed by atoms with Crippen LogP contribution in [-0.4, -0.2) is 35.8 Å². The van der Waals surface area contributed by atoms with Crippen LogP contribution in [0.25, 0.3) is 0 Å². The Morgan fingerprint density at radius 2 is 2.15 bits per heavy atom. The van der Waals surface area contributed by atoms with Gasteiger partial charge in [-0.05, 0) is 32.0 Å². The van der Waals surface area contributed by atoms with Crippen molar-refractivity contribution < 1.29 is 14.3 Å². The first-order chi connectivity index (χ1) is 9.47. The molecule has 1 saturated heterocycles. The summed E-state index contributed by atoms with van der Waals surface area (Å²) in [5.74, 6) is 0.847.